The summed E-state index contributed by atoms with van der Waals surface area (Å²) in [6.45, 7) is 4.24. The van der Waals surface area contributed by atoms with Crippen LogP contribution in [0, 0.1) is 5.41 Å². The predicted octanol–water partition coefficient (Wildman–Crippen LogP) is 5.55. The van der Waals surface area contributed by atoms with Gasteiger partial charge in [0, 0.05) is 35.1 Å². The van der Waals surface area contributed by atoms with E-state index in [1.165, 1.54) is 0 Å². The molecule has 3 aromatic rings. The third-order valence-corrected chi connectivity index (χ3v) is 7.51. The average molecular weight is 533 g/mol. The Balaban J connectivity index is 1.33. The standard InChI is InChI=1S/C30H29ClN2O5/c1-30(2,29(36)37)18-38-22-10-7-19(8-11-22)27(34)33-16-14-24(23-5-3-4-6-26(23)33)28(35)32-15-13-20-17-21(31)9-12-25(20)32/h3-12,17,24H,13-16,18H2,1-2H3,(H,36,37)/t24-/m0/s1. The van der Waals surface area contributed by atoms with E-state index in [1.54, 1.807) is 43.0 Å². The fourth-order valence-corrected chi connectivity index (χ4v) is 5.19. The summed E-state index contributed by atoms with van der Waals surface area (Å²) in [5, 5.41) is 9.94. The van der Waals surface area contributed by atoms with Crippen molar-refractivity contribution >= 4 is 40.8 Å². The molecule has 2 heterocycles. The molecule has 0 spiro atoms. The van der Waals surface area contributed by atoms with Crippen molar-refractivity contribution in [2.24, 2.45) is 5.41 Å². The maximum absolute atomic E-state index is 13.7. The van der Waals surface area contributed by atoms with E-state index >= 15 is 0 Å². The first-order valence-electron chi connectivity index (χ1n) is 12.6. The van der Waals surface area contributed by atoms with Crippen molar-refractivity contribution in [3.63, 3.8) is 0 Å². The lowest BCUT2D eigenvalue weighted by Gasteiger charge is -2.35. The molecule has 5 rings (SSSR count). The van der Waals surface area contributed by atoms with Gasteiger partial charge in [0.2, 0.25) is 5.91 Å². The number of para-hydroxylation sites is 1. The predicted molar refractivity (Wildman–Crippen MR) is 146 cm³/mol. The zero-order chi connectivity index (χ0) is 27.0. The highest BCUT2D eigenvalue weighted by atomic mass is 35.5. The first-order chi connectivity index (χ1) is 18.2. The first-order valence-corrected chi connectivity index (χ1v) is 13.0. The van der Waals surface area contributed by atoms with Crippen molar-refractivity contribution < 1.29 is 24.2 Å². The number of amides is 2. The molecule has 38 heavy (non-hydrogen) atoms. The number of benzene rings is 3. The lowest BCUT2D eigenvalue weighted by molar-refractivity contribution is -0.148. The molecule has 2 amide bonds. The molecule has 0 bridgehead atoms. The zero-order valence-corrected chi connectivity index (χ0v) is 22.1. The number of hydrogen-bond donors (Lipinski definition) is 1. The lowest BCUT2D eigenvalue weighted by Crippen LogP contribution is -2.42. The van der Waals surface area contributed by atoms with Crippen LogP contribution in [0.3, 0.4) is 0 Å². The average Bonchev–Trinajstić information content (AvgIpc) is 3.34. The van der Waals surface area contributed by atoms with E-state index in [0.29, 0.717) is 35.8 Å². The number of carboxylic acid groups (broad SMARTS) is 1. The topological polar surface area (TPSA) is 87.2 Å². The number of carbonyl (C=O) groups excluding carboxylic acids is 2. The normalized spacial score (nSPS) is 16.6. The van der Waals surface area contributed by atoms with Crippen molar-refractivity contribution in [1.29, 1.82) is 0 Å². The van der Waals surface area contributed by atoms with Crippen LogP contribution in [0.5, 0.6) is 5.75 Å². The second-order valence-electron chi connectivity index (χ2n) is 10.4. The van der Waals surface area contributed by atoms with Gasteiger partial charge in [-0.15, -0.1) is 0 Å². The maximum Gasteiger partial charge on any atom is 0.312 e. The van der Waals surface area contributed by atoms with Crippen LogP contribution >= 0.6 is 11.6 Å². The summed E-state index contributed by atoms with van der Waals surface area (Å²) in [5.41, 5.74) is 3.02. The Bertz CT molecular complexity index is 1400. The summed E-state index contributed by atoms with van der Waals surface area (Å²) in [5.74, 6) is -0.917. The molecule has 1 N–H and O–H groups in total. The zero-order valence-electron chi connectivity index (χ0n) is 21.3. The quantitative estimate of drug-likeness (QED) is 0.449. The van der Waals surface area contributed by atoms with Gasteiger partial charge in [0.05, 0.1) is 11.3 Å². The van der Waals surface area contributed by atoms with E-state index < -0.39 is 11.4 Å². The highest BCUT2D eigenvalue weighted by Gasteiger charge is 2.37. The van der Waals surface area contributed by atoms with E-state index in [4.69, 9.17) is 16.3 Å². The van der Waals surface area contributed by atoms with Crippen molar-refractivity contribution in [1.82, 2.24) is 0 Å². The Labute approximate surface area is 226 Å². The summed E-state index contributed by atoms with van der Waals surface area (Å²) in [6, 6.07) is 19.9. The van der Waals surface area contributed by atoms with Crippen LogP contribution in [0.25, 0.3) is 0 Å². The van der Waals surface area contributed by atoms with Gasteiger partial charge in [-0.25, -0.2) is 0 Å². The van der Waals surface area contributed by atoms with Gasteiger partial charge in [-0.05, 0) is 86.3 Å². The van der Waals surface area contributed by atoms with Crippen LogP contribution in [0.2, 0.25) is 5.02 Å². The second-order valence-corrected chi connectivity index (χ2v) is 10.8. The lowest BCUT2D eigenvalue weighted by atomic mass is 9.88. The van der Waals surface area contributed by atoms with E-state index in [0.717, 1.165) is 28.9 Å². The van der Waals surface area contributed by atoms with Crippen LogP contribution < -0.4 is 14.5 Å². The molecule has 7 nitrogen and oxygen atoms in total. The fraction of sp³-hybridized carbons (Fsp3) is 0.300. The van der Waals surface area contributed by atoms with Gasteiger partial charge in [-0.3, -0.25) is 14.4 Å². The highest BCUT2D eigenvalue weighted by Crippen LogP contribution is 2.40. The number of rotatable bonds is 6. The minimum Gasteiger partial charge on any atom is -0.492 e. The van der Waals surface area contributed by atoms with Gasteiger partial charge in [0.15, 0.2) is 0 Å². The number of hydrogen-bond acceptors (Lipinski definition) is 4. The molecule has 2 aliphatic heterocycles. The molecule has 196 valence electrons. The third kappa shape index (κ3) is 4.86. The molecular weight excluding hydrogens is 504 g/mol. The van der Waals surface area contributed by atoms with Gasteiger partial charge < -0.3 is 19.6 Å². The number of anilines is 2. The summed E-state index contributed by atoms with van der Waals surface area (Å²) >= 11 is 6.15. The van der Waals surface area contributed by atoms with Gasteiger partial charge >= 0.3 is 5.97 Å². The molecule has 0 unspecified atom stereocenters. The van der Waals surface area contributed by atoms with Gasteiger partial charge in [0.1, 0.15) is 12.4 Å². The number of fused-ring (bicyclic) bond motifs is 2. The summed E-state index contributed by atoms with van der Waals surface area (Å²) in [6.07, 6.45) is 1.29. The maximum atomic E-state index is 13.7. The molecule has 0 saturated carbocycles. The molecule has 3 aromatic carbocycles. The molecule has 0 aliphatic carbocycles. The number of carboxylic acids is 1. The summed E-state index contributed by atoms with van der Waals surface area (Å²) < 4.78 is 5.63. The number of halogens is 1. The Kier molecular flexibility index (Phi) is 6.88. The smallest absolute Gasteiger partial charge is 0.312 e. The van der Waals surface area contributed by atoms with Crippen molar-refractivity contribution in [2.75, 3.05) is 29.5 Å². The Morgan fingerprint density at radius 1 is 0.974 bits per heavy atom. The highest BCUT2D eigenvalue weighted by molar-refractivity contribution is 6.30. The molecule has 1 atom stereocenters. The fourth-order valence-electron chi connectivity index (χ4n) is 4.99. The Morgan fingerprint density at radius 3 is 2.45 bits per heavy atom. The van der Waals surface area contributed by atoms with Crippen molar-refractivity contribution in [3.05, 3.63) is 88.4 Å². The van der Waals surface area contributed by atoms with E-state index in [1.807, 2.05) is 47.4 Å². The molecular formula is C30H29ClN2O5. The minimum absolute atomic E-state index is 0.0130. The van der Waals surface area contributed by atoms with E-state index in [2.05, 4.69) is 0 Å². The summed E-state index contributed by atoms with van der Waals surface area (Å²) in [7, 11) is 0. The first kappa shape index (κ1) is 25.8. The third-order valence-electron chi connectivity index (χ3n) is 7.27. The second kappa shape index (κ2) is 10.1. The molecule has 0 aromatic heterocycles. The Hall–Kier alpha value is -3.84. The largest absolute Gasteiger partial charge is 0.492 e. The minimum atomic E-state index is -1.02. The van der Waals surface area contributed by atoms with Crippen LogP contribution in [0.1, 0.15) is 47.7 Å². The molecule has 2 aliphatic rings. The van der Waals surface area contributed by atoms with Crippen LogP contribution in [0.15, 0.2) is 66.7 Å². The monoisotopic (exact) mass is 532 g/mol. The van der Waals surface area contributed by atoms with Gasteiger partial charge in [-0.1, -0.05) is 29.8 Å². The van der Waals surface area contributed by atoms with Crippen molar-refractivity contribution in [3.8, 4) is 5.75 Å². The molecule has 0 radical (unpaired) electrons. The van der Waals surface area contributed by atoms with Crippen LogP contribution in [-0.4, -0.2) is 42.6 Å². The molecule has 8 heteroatoms. The number of nitrogens with zero attached hydrogens (tertiary/aromatic N) is 2. The van der Waals surface area contributed by atoms with Gasteiger partial charge in [-0.2, -0.15) is 0 Å². The number of aliphatic carboxylic acids is 1. The van der Waals surface area contributed by atoms with Gasteiger partial charge in [0.25, 0.3) is 5.91 Å². The van der Waals surface area contributed by atoms with E-state index in [-0.39, 0.29) is 24.3 Å². The van der Waals surface area contributed by atoms with Crippen molar-refractivity contribution in [2.45, 2.75) is 32.6 Å². The molecule has 0 saturated heterocycles. The summed E-state index contributed by atoms with van der Waals surface area (Å²) in [4.78, 5) is 42.1. The van der Waals surface area contributed by atoms with Crippen LogP contribution in [0.4, 0.5) is 11.4 Å². The van der Waals surface area contributed by atoms with Crippen LogP contribution in [-0.2, 0) is 16.0 Å². The van der Waals surface area contributed by atoms with E-state index in [9.17, 15) is 19.5 Å². The SMILES string of the molecule is CC(C)(COc1ccc(C(=O)N2CC[C@H](C(=O)N3CCc4cc(Cl)ccc43)c3ccccc32)cc1)C(=O)O. The molecule has 0 fully saturated rings. The number of carbonyl (C=O) groups is 3. The Morgan fingerprint density at radius 2 is 1.71 bits per heavy atom. The number of ether oxygens (including phenoxy) is 1.